The standard InChI is InChI=1S/C14H19FN2O/c1-14(2)10(9-16-3)7-13(18)17(14)12-6-4-5-11(15)8-12/h4-6,8,10,16H,7,9H2,1-3H3. The monoisotopic (exact) mass is 250 g/mol. The van der Waals surface area contributed by atoms with Gasteiger partial charge in [0.1, 0.15) is 5.82 Å². The Labute approximate surface area is 107 Å². The fourth-order valence-electron chi connectivity index (χ4n) is 2.72. The first-order valence-corrected chi connectivity index (χ1v) is 6.20. The van der Waals surface area contributed by atoms with Crippen LogP contribution in [-0.4, -0.2) is 25.0 Å². The summed E-state index contributed by atoms with van der Waals surface area (Å²) in [4.78, 5) is 13.9. The van der Waals surface area contributed by atoms with E-state index >= 15 is 0 Å². The molecule has 1 aliphatic rings. The third kappa shape index (κ3) is 2.12. The fraction of sp³-hybridized carbons (Fsp3) is 0.500. The van der Waals surface area contributed by atoms with Gasteiger partial charge in [0.2, 0.25) is 5.91 Å². The van der Waals surface area contributed by atoms with Gasteiger partial charge in [0.25, 0.3) is 0 Å². The van der Waals surface area contributed by atoms with Crippen LogP contribution in [-0.2, 0) is 4.79 Å². The Kier molecular flexibility index (Phi) is 3.39. The minimum Gasteiger partial charge on any atom is -0.319 e. The summed E-state index contributed by atoms with van der Waals surface area (Å²) in [6.07, 6.45) is 0.504. The Morgan fingerprint density at radius 2 is 2.22 bits per heavy atom. The quantitative estimate of drug-likeness (QED) is 0.891. The van der Waals surface area contributed by atoms with Crippen molar-refractivity contribution in [1.29, 1.82) is 0 Å². The van der Waals surface area contributed by atoms with Gasteiger partial charge < -0.3 is 10.2 Å². The van der Waals surface area contributed by atoms with Gasteiger partial charge in [0, 0.05) is 30.1 Å². The Hall–Kier alpha value is -1.42. The largest absolute Gasteiger partial charge is 0.319 e. The summed E-state index contributed by atoms with van der Waals surface area (Å²) in [5, 5.41) is 3.12. The van der Waals surface area contributed by atoms with Gasteiger partial charge in [0.05, 0.1) is 0 Å². The molecule has 1 atom stereocenters. The molecule has 1 aliphatic heterocycles. The molecule has 98 valence electrons. The lowest BCUT2D eigenvalue weighted by Gasteiger charge is -2.36. The SMILES string of the molecule is CNCC1CC(=O)N(c2cccc(F)c2)C1(C)C. The Morgan fingerprint density at radius 1 is 1.50 bits per heavy atom. The molecule has 18 heavy (non-hydrogen) atoms. The van der Waals surface area contributed by atoms with Crippen molar-refractivity contribution in [2.75, 3.05) is 18.5 Å². The number of anilines is 1. The molecule has 1 aromatic rings. The number of hydrogen-bond donors (Lipinski definition) is 1. The van der Waals surface area contributed by atoms with Crippen LogP contribution in [0.2, 0.25) is 0 Å². The number of nitrogens with one attached hydrogen (secondary N) is 1. The molecule has 1 N–H and O–H groups in total. The van der Waals surface area contributed by atoms with E-state index in [4.69, 9.17) is 0 Å². The number of nitrogens with zero attached hydrogens (tertiary/aromatic N) is 1. The van der Waals surface area contributed by atoms with Gasteiger partial charge in [-0.05, 0) is 39.1 Å². The highest BCUT2D eigenvalue weighted by Crippen LogP contribution is 2.38. The maximum atomic E-state index is 13.3. The van der Waals surface area contributed by atoms with Gasteiger partial charge in [-0.1, -0.05) is 6.07 Å². The van der Waals surface area contributed by atoms with E-state index in [-0.39, 0.29) is 23.2 Å². The first-order chi connectivity index (χ1) is 8.46. The van der Waals surface area contributed by atoms with Crippen LogP contribution in [0.25, 0.3) is 0 Å². The molecule has 1 amide bonds. The highest BCUT2D eigenvalue weighted by atomic mass is 19.1. The topological polar surface area (TPSA) is 32.3 Å². The Bertz CT molecular complexity index is 459. The van der Waals surface area contributed by atoms with Crippen molar-refractivity contribution in [3.8, 4) is 0 Å². The summed E-state index contributed by atoms with van der Waals surface area (Å²) in [6, 6.07) is 6.23. The van der Waals surface area contributed by atoms with E-state index in [1.165, 1.54) is 12.1 Å². The number of halogens is 1. The molecule has 0 saturated carbocycles. The average molecular weight is 250 g/mol. The molecule has 0 spiro atoms. The van der Waals surface area contributed by atoms with Gasteiger partial charge in [-0.2, -0.15) is 0 Å². The highest BCUT2D eigenvalue weighted by molar-refractivity contribution is 5.97. The van der Waals surface area contributed by atoms with E-state index in [2.05, 4.69) is 5.32 Å². The van der Waals surface area contributed by atoms with Gasteiger partial charge in [-0.15, -0.1) is 0 Å². The molecule has 2 rings (SSSR count). The van der Waals surface area contributed by atoms with Crippen molar-refractivity contribution in [2.45, 2.75) is 25.8 Å². The predicted octanol–water partition coefficient (Wildman–Crippen LogP) is 2.18. The van der Waals surface area contributed by atoms with Crippen molar-refractivity contribution in [1.82, 2.24) is 5.32 Å². The molecule has 0 aromatic heterocycles. The highest BCUT2D eigenvalue weighted by Gasteiger charge is 2.46. The summed E-state index contributed by atoms with van der Waals surface area (Å²) < 4.78 is 13.3. The zero-order valence-corrected chi connectivity index (χ0v) is 11.0. The van der Waals surface area contributed by atoms with Crippen LogP contribution in [0.3, 0.4) is 0 Å². The van der Waals surface area contributed by atoms with E-state index in [1.807, 2.05) is 20.9 Å². The summed E-state index contributed by atoms with van der Waals surface area (Å²) in [5.41, 5.74) is 0.344. The second-order valence-corrected chi connectivity index (χ2v) is 5.32. The summed E-state index contributed by atoms with van der Waals surface area (Å²) in [6.45, 7) is 4.85. The van der Waals surface area contributed by atoms with Gasteiger partial charge >= 0.3 is 0 Å². The normalized spacial score (nSPS) is 22.6. The maximum absolute atomic E-state index is 13.3. The molecule has 1 unspecified atom stereocenters. The maximum Gasteiger partial charge on any atom is 0.227 e. The summed E-state index contributed by atoms with van der Waals surface area (Å²) >= 11 is 0. The second-order valence-electron chi connectivity index (χ2n) is 5.32. The molecule has 1 fully saturated rings. The molecule has 0 bridgehead atoms. The van der Waals surface area contributed by atoms with Crippen LogP contribution in [0.15, 0.2) is 24.3 Å². The molecular formula is C14H19FN2O. The Morgan fingerprint density at radius 3 is 2.83 bits per heavy atom. The van der Waals surface area contributed by atoms with Gasteiger partial charge in [0.15, 0.2) is 0 Å². The van der Waals surface area contributed by atoms with E-state index in [1.54, 1.807) is 17.0 Å². The third-order valence-electron chi connectivity index (χ3n) is 3.76. The van der Waals surface area contributed by atoms with Crippen LogP contribution < -0.4 is 10.2 Å². The van der Waals surface area contributed by atoms with E-state index in [0.717, 1.165) is 6.54 Å². The van der Waals surface area contributed by atoms with Crippen LogP contribution in [0, 0.1) is 11.7 Å². The zero-order valence-electron chi connectivity index (χ0n) is 11.0. The first-order valence-electron chi connectivity index (χ1n) is 6.20. The van der Waals surface area contributed by atoms with Crippen LogP contribution >= 0.6 is 0 Å². The number of carbonyl (C=O) groups is 1. The smallest absolute Gasteiger partial charge is 0.227 e. The minimum atomic E-state index is -0.312. The number of carbonyl (C=O) groups excluding carboxylic acids is 1. The lowest BCUT2D eigenvalue weighted by Crippen LogP contribution is -2.46. The first kappa shape index (κ1) is 13.0. The van der Waals surface area contributed by atoms with E-state index < -0.39 is 0 Å². The zero-order chi connectivity index (χ0) is 13.3. The average Bonchev–Trinajstić information content (AvgIpc) is 2.49. The van der Waals surface area contributed by atoms with E-state index in [9.17, 15) is 9.18 Å². The molecule has 1 saturated heterocycles. The van der Waals surface area contributed by atoms with E-state index in [0.29, 0.717) is 12.1 Å². The predicted molar refractivity (Wildman–Crippen MR) is 70.0 cm³/mol. The second kappa shape index (κ2) is 4.69. The lowest BCUT2D eigenvalue weighted by atomic mass is 9.88. The van der Waals surface area contributed by atoms with Crippen molar-refractivity contribution in [3.63, 3.8) is 0 Å². The van der Waals surface area contributed by atoms with Gasteiger partial charge in [-0.25, -0.2) is 4.39 Å². The molecule has 1 heterocycles. The molecule has 0 radical (unpaired) electrons. The number of benzene rings is 1. The molecule has 1 aromatic carbocycles. The molecule has 4 heteroatoms. The van der Waals surface area contributed by atoms with Crippen molar-refractivity contribution < 1.29 is 9.18 Å². The van der Waals surface area contributed by atoms with Crippen molar-refractivity contribution in [2.24, 2.45) is 5.92 Å². The van der Waals surface area contributed by atoms with Crippen LogP contribution in [0.1, 0.15) is 20.3 Å². The molecule has 0 aliphatic carbocycles. The Balaban J connectivity index is 2.35. The summed E-state index contributed by atoms with van der Waals surface area (Å²) in [5.74, 6) is -0.0164. The fourth-order valence-corrected chi connectivity index (χ4v) is 2.72. The van der Waals surface area contributed by atoms with Gasteiger partial charge in [-0.3, -0.25) is 4.79 Å². The van der Waals surface area contributed by atoms with Crippen molar-refractivity contribution in [3.05, 3.63) is 30.1 Å². The lowest BCUT2D eigenvalue weighted by molar-refractivity contribution is -0.117. The number of hydrogen-bond acceptors (Lipinski definition) is 2. The van der Waals surface area contributed by atoms with Crippen molar-refractivity contribution >= 4 is 11.6 Å². The number of rotatable bonds is 3. The molecule has 3 nitrogen and oxygen atoms in total. The van der Waals surface area contributed by atoms with Crippen LogP contribution in [0.5, 0.6) is 0 Å². The third-order valence-corrected chi connectivity index (χ3v) is 3.76. The van der Waals surface area contributed by atoms with Crippen LogP contribution in [0.4, 0.5) is 10.1 Å². The minimum absolute atomic E-state index is 0.0610. The number of amides is 1. The summed E-state index contributed by atoms with van der Waals surface area (Å²) in [7, 11) is 1.88. The molecular weight excluding hydrogens is 231 g/mol.